The van der Waals surface area contributed by atoms with Crippen LogP contribution in [0.4, 0.5) is 0 Å². The fourth-order valence-electron chi connectivity index (χ4n) is 7.36. The Bertz CT molecular complexity index is 431. The zero-order valence-corrected chi connectivity index (χ0v) is 14.7. The summed E-state index contributed by atoms with van der Waals surface area (Å²) in [5.74, 6) is 1.96. The molecule has 0 amide bonds. The van der Waals surface area contributed by atoms with Crippen LogP contribution in [0.2, 0.25) is 0 Å². The summed E-state index contributed by atoms with van der Waals surface area (Å²) in [4.78, 5) is 2.94. The molecule has 2 bridgehead atoms. The van der Waals surface area contributed by atoms with Crippen LogP contribution in [0.25, 0.3) is 0 Å². The summed E-state index contributed by atoms with van der Waals surface area (Å²) >= 11 is 0. The molecule has 5 aliphatic rings. The molecule has 1 saturated carbocycles. The van der Waals surface area contributed by atoms with Crippen molar-refractivity contribution in [1.29, 1.82) is 0 Å². The Morgan fingerprint density at radius 1 is 0.826 bits per heavy atom. The van der Waals surface area contributed by atoms with Crippen LogP contribution in [0.3, 0.4) is 0 Å². The standard InChI is InChI=1S/C20H35N3/c1-3-9-21-18(8-1)20-13-16(12-15-6-5-10-22-19(15)20)17-7-2-4-11-23(17)14-20/h15-19,21-22H,1-14H2/t15-,16+,17-,18?,19-,20+/m1/s1. The van der Waals surface area contributed by atoms with Crippen LogP contribution >= 0.6 is 0 Å². The first kappa shape index (κ1) is 15.2. The third-order valence-corrected chi connectivity index (χ3v) is 8.16. The van der Waals surface area contributed by atoms with Gasteiger partial charge in [-0.2, -0.15) is 0 Å². The molecule has 0 radical (unpaired) electrons. The van der Waals surface area contributed by atoms with Crippen LogP contribution in [0.15, 0.2) is 0 Å². The number of hydrogen-bond acceptors (Lipinski definition) is 3. The van der Waals surface area contributed by atoms with Crippen molar-refractivity contribution in [2.75, 3.05) is 26.2 Å². The van der Waals surface area contributed by atoms with Crippen LogP contribution in [0.1, 0.15) is 64.2 Å². The average Bonchev–Trinajstić information content (AvgIpc) is 2.63. The number of hydrogen-bond donors (Lipinski definition) is 2. The molecular formula is C20H35N3. The number of nitrogens with one attached hydrogen (secondary N) is 2. The van der Waals surface area contributed by atoms with E-state index in [9.17, 15) is 0 Å². The highest BCUT2D eigenvalue weighted by Crippen LogP contribution is 2.55. The Labute approximate surface area is 142 Å². The minimum absolute atomic E-state index is 0.530. The zero-order chi connectivity index (χ0) is 15.3. The van der Waals surface area contributed by atoms with Crippen molar-refractivity contribution in [2.24, 2.45) is 17.3 Å². The summed E-state index contributed by atoms with van der Waals surface area (Å²) in [6.45, 7) is 5.30. The van der Waals surface area contributed by atoms with E-state index in [-0.39, 0.29) is 0 Å². The fourth-order valence-corrected chi connectivity index (χ4v) is 7.36. The van der Waals surface area contributed by atoms with E-state index in [1.54, 1.807) is 0 Å². The summed E-state index contributed by atoms with van der Waals surface area (Å²) in [6.07, 6.45) is 14.6. The zero-order valence-electron chi connectivity index (χ0n) is 14.7. The van der Waals surface area contributed by atoms with Gasteiger partial charge in [0.05, 0.1) is 0 Å². The molecule has 23 heavy (non-hydrogen) atoms. The molecule has 0 aromatic heterocycles. The van der Waals surface area contributed by atoms with E-state index in [0.717, 1.165) is 30.0 Å². The van der Waals surface area contributed by atoms with Crippen LogP contribution in [0.5, 0.6) is 0 Å². The highest BCUT2D eigenvalue weighted by atomic mass is 15.2. The van der Waals surface area contributed by atoms with Crippen LogP contribution < -0.4 is 10.6 Å². The second-order valence-electron chi connectivity index (χ2n) is 9.30. The highest BCUT2D eigenvalue weighted by molar-refractivity contribution is 5.14. The molecule has 5 fully saturated rings. The van der Waals surface area contributed by atoms with Gasteiger partial charge < -0.3 is 10.6 Å². The first-order valence-corrected chi connectivity index (χ1v) is 10.6. The maximum absolute atomic E-state index is 4.04. The molecule has 1 aliphatic carbocycles. The summed E-state index contributed by atoms with van der Waals surface area (Å²) in [5, 5.41) is 8.04. The van der Waals surface area contributed by atoms with Crippen molar-refractivity contribution in [3.63, 3.8) is 0 Å². The van der Waals surface area contributed by atoms with E-state index >= 15 is 0 Å². The smallest absolute Gasteiger partial charge is 0.0179 e. The van der Waals surface area contributed by atoms with Crippen molar-refractivity contribution in [3.8, 4) is 0 Å². The molecule has 130 valence electrons. The number of piperidine rings is 4. The third-order valence-electron chi connectivity index (χ3n) is 8.16. The Morgan fingerprint density at radius 3 is 2.65 bits per heavy atom. The van der Waals surface area contributed by atoms with Gasteiger partial charge in [-0.15, -0.1) is 0 Å². The first-order chi connectivity index (χ1) is 11.4. The Hall–Kier alpha value is -0.120. The topological polar surface area (TPSA) is 27.3 Å². The van der Waals surface area contributed by atoms with Gasteiger partial charge in [0.2, 0.25) is 0 Å². The summed E-state index contributed by atoms with van der Waals surface area (Å²) in [7, 11) is 0. The molecule has 0 aromatic carbocycles. The van der Waals surface area contributed by atoms with Gasteiger partial charge in [0.15, 0.2) is 0 Å². The van der Waals surface area contributed by atoms with Crippen molar-refractivity contribution < 1.29 is 0 Å². The lowest BCUT2D eigenvalue weighted by atomic mass is 9.52. The van der Waals surface area contributed by atoms with Crippen molar-refractivity contribution >= 4 is 0 Å². The SMILES string of the molecule is C1CCC([C@@]23C[C@H](C[C@H]4CCCN[C@H]42)[C@H]2CCCCN2C3)NC1. The quantitative estimate of drug-likeness (QED) is 0.779. The molecule has 6 atom stereocenters. The normalized spacial score (nSPS) is 50.9. The van der Waals surface area contributed by atoms with Gasteiger partial charge in [-0.05, 0) is 82.8 Å². The third kappa shape index (κ3) is 2.41. The lowest BCUT2D eigenvalue weighted by Gasteiger charge is -2.64. The van der Waals surface area contributed by atoms with Gasteiger partial charge in [-0.1, -0.05) is 12.8 Å². The van der Waals surface area contributed by atoms with E-state index in [2.05, 4.69) is 15.5 Å². The second kappa shape index (κ2) is 6.00. The average molecular weight is 318 g/mol. The fraction of sp³-hybridized carbons (Fsp3) is 1.00. The predicted octanol–water partition coefficient (Wildman–Crippen LogP) is 2.76. The predicted molar refractivity (Wildman–Crippen MR) is 94.5 cm³/mol. The number of fused-ring (bicyclic) bond motifs is 6. The maximum atomic E-state index is 4.04. The Balaban J connectivity index is 1.50. The molecule has 0 aromatic rings. The summed E-state index contributed by atoms with van der Waals surface area (Å²) in [5.41, 5.74) is 0.530. The lowest BCUT2D eigenvalue weighted by Crippen LogP contribution is -2.72. The molecule has 4 aliphatic heterocycles. The van der Waals surface area contributed by atoms with E-state index in [1.165, 1.54) is 90.4 Å². The monoisotopic (exact) mass is 317 g/mol. The first-order valence-electron chi connectivity index (χ1n) is 10.6. The second-order valence-corrected chi connectivity index (χ2v) is 9.30. The number of nitrogens with zero attached hydrogens (tertiary/aromatic N) is 1. The van der Waals surface area contributed by atoms with Gasteiger partial charge in [0.1, 0.15) is 0 Å². The molecule has 5 rings (SSSR count). The number of rotatable bonds is 1. The summed E-state index contributed by atoms with van der Waals surface area (Å²) in [6, 6.07) is 2.51. The maximum Gasteiger partial charge on any atom is 0.0179 e. The van der Waals surface area contributed by atoms with E-state index in [4.69, 9.17) is 0 Å². The van der Waals surface area contributed by atoms with Gasteiger partial charge >= 0.3 is 0 Å². The molecule has 4 saturated heterocycles. The molecule has 4 heterocycles. The largest absolute Gasteiger partial charge is 0.313 e. The van der Waals surface area contributed by atoms with Gasteiger partial charge in [-0.25, -0.2) is 0 Å². The van der Waals surface area contributed by atoms with Gasteiger partial charge in [0, 0.05) is 30.1 Å². The van der Waals surface area contributed by atoms with Gasteiger partial charge in [0.25, 0.3) is 0 Å². The lowest BCUT2D eigenvalue weighted by molar-refractivity contribution is -0.117. The van der Waals surface area contributed by atoms with Crippen molar-refractivity contribution in [1.82, 2.24) is 15.5 Å². The van der Waals surface area contributed by atoms with Gasteiger partial charge in [-0.3, -0.25) is 4.90 Å². The van der Waals surface area contributed by atoms with E-state index in [0.29, 0.717) is 5.41 Å². The minimum atomic E-state index is 0.530. The molecule has 1 unspecified atom stereocenters. The molecular weight excluding hydrogens is 282 g/mol. The molecule has 0 spiro atoms. The highest BCUT2D eigenvalue weighted by Gasteiger charge is 2.58. The summed E-state index contributed by atoms with van der Waals surface area (Å²) < 4.78 is 0. The van der Waals surface area contributed by atoms with Crippen LogP contribution in [-0.4, -0.2) is 49.2 Å². The Kier molecular flexibility index (Phi) is 3.95. The van der Waals surface area contributed by atoms with E-state index < -0.39 is 0 Å². The van der Waals surface area contributed by atoms with Crippen molar-refractivity contribution in [3.05, 3.63) is 0 Å². The van der Waals surface area contributed by atoms with Crippen molar-refractivity contribution in [2.45, 2.75) is 82.3 Å². The molecule has 3 heteroatoms. The van der Waals surface area contributed by atoms with E-state index in [1.807, 2.05) is 0 Å². The molecule has 2 N–H and O–H groups in total. The Morgan fingerprint density at radius 2 is 1.74 bits per heavy atom. The van der Waals surface area contributed by atoms with Crippen LogP contribution in [0, 0.1) is 17.3 Å². The molecule has 3 nitrogen and oxygen atoms in total. The minimum Gasteiger partial charge on any atom is -0.313 e. The van der Waals surface area contributed by atoms with Crippen LogP contribution in [-0.2, 0) is 0 Å².